The number of fused-ring (bicyclic) bond motifs is 3. The molecule has 1 aromatic heterocycles. The predicted octanol–water partition coefficient (Wildman–Crippen LogP) is 6.22. The molecule has 2 aliphatic rings. The molecule has 4 heteroatoms. The quantitative estimate of drug-likeness (QED) is 0.514. The van der Waals surface area contributed by atoms with E-state index in [0.29, 0.717) is 11.5 Å². The number of halogens is 1. The number of nitrogens with one attached hydrogen (secondary N) is 1. The van der Waals surface area contributed by atoms with Crippen LogP contribution < -0.4 is 5.32 Å². The standard InChI is InChI=1S/C25H25BrN2O/c1-15(21-12-16-9-10-17(21)11-16)27-25(29)22-14-24(18-5-4-6-19(26)13-18)28-23-8-3-2-7-20(22)23/h2-8,13-17,21H,9-12H2,1H3,(H,27,29). The van der Waals surface area contributed by atoms with Gasteiger partial charge in [0, 0.05) is 21.5 Å². The molecule has 0 saturated heterocycles. The van der Waals surface area contributed by atoms with Crippen LogP contribution in [0.25, 0.3) is 22.2 Å². The zero-order chi connectivity index (χ0) is 20.0. The summed E-state index contributed by atoms with van der Waals surface area (Å²) in [6.45, 7) is 2.18. The van der Waals surface area contributed by atoms with Crippen LogP contribution in [0.15, 0.2) is 59.1 Å². The zero-order valence-electron chi connectivity index (χ0n) is 16.6. The third kappa shape index (κ3) is 3.59. The number of rotatable bonds is 4. The number of para-hydroxylation sites is 1. The van der Waals surface area contributed by atoms with Gasteiger partial charge in [-0.05, 0) is 68.2 Å². The van der Waals surface area contributed by atoms with Gasteiger partial charge in [0.05, 0.1) is 16.8 Å². The van der Waals surface area contributed by atoms with Crippen LogP contribution >= 0.6 is 15.9 Å². The predicted molar refractivity (Wildman–Crippen MR) is 121 cm³/mol. The summed E-state index contributed by atoms with van der Waals surface area (Å²) in [6.07, 6.45) is 5.34. The van der Waals surface area contributed by atoms with Crippen LogP contribution in [0, 0.1) is 17.8 Å². The van der Waals surface area contributed by atoms with Gasteiger partial charge in [0.1, 0.15) is 0 Å². The van der Waals surface area contributed by atoms with Gasteiger partial charge in [0.2, 0.25) is 0 Å². The first-order valence-corrected chi connectivity index (χ1v) is 11.3. The van der Waals surface area contributed by atoms with Gasteiger partial charge in [-0.3, -0.25) is 4.79 Å². The summed E-state index contributed by atoms with van der Waals surface area (Å²) in [5, 5.41) is 4.24. The molecule has 2 aliphatic carbocycles. The molecular weight excluding hydrogens is 424 g/mol. The molecule has 0 radical (unpaired) electrons. The first-order chi connectivity index (χ1) is 14.1. The van der Waals surface area contributed by atoms with Crippen molar-refractivity contribution in [2.75, 3.05) is 0 Å². The smallest absolute Gasteiger partial charge is 0.252 e. The van der Waals surface area contributed by atoms with Crippen molar-refractivity contribution in [3.8, 4) is 11.3 Å². The number of aromatic nitrogens is 1. The van der Waals surface area contributed by atoms with Crippen molar-refractivity contribution in [1.82, 2.24) is 10.3 Å². The molecule has 0 spiro atoms. The van der Waals surface area contributed by atoms with Crippen molar-refractivity contribution >= 4 is 32.7 Å². The van der Waals surface area contributed by atoms with Crippen LogP contribution in [0.2, 0.25) is 0 Å². The maximum absolute atomic E-state index is 13.3. The van der Waals surface area contributed by atoms with E-state index in [-0.39, 0.29) is 11.9 Å². The minimum atomic E-state index is 0.00937. The Labute approximate surface area is 180 Å². The van der Waals surface area contributed by atoms with Crippen LogP contribution in [0.5, 0.6) is 0 Å². The summed E-state index contributed by atoms with van der Waals surface area (Å²) >= 11 is 3.54. The van der Waals surface area contributed by atoms with E-state index in [9.17, 15) is 4.79 Å². The molecule has 1 N–H and O–H groups in total. The average molecular weight is 449 g/mol. The van der Waals surface area contributed by atoms with E-state index >= 15 is 0 Å². The number of hydrogen-bond acceptors (Lipinski definition) is 2. The lowest BCUT2D eigenvalue weighted by Gasteiger charge is -2.28. The summed E-state index contributed by atoms with van der Waals surface area (Å²) < 4.78 is 1.00. The number of amides is 1. The molecular formula is C25H25BrN2O. The number of pyridine rings is 1. The largest absolute Gasteiger partial charge is 0.349 e. The fourth-order valence-electron chi connectivity index (χ4n) is 5.46. The number of carbonyl (C=O) groups excluding carboxylic acids is 1. The second kappa shape index (κ2) is 7.56. The third-order valence-corrected chi connectivity index (χ3v) is 7.37. The highest BCUT2D eigenvalue weighted by Gasteiger charge is 2.42. The number of hydrogen-bond donors (Lipinski definition) is 1. The van der Waals surface area contributed by atoms with Crippen LogP contribution in [0.4, 0.5) is 0 Å². The molecule has 2 saturated carbocycles. The summed E-state index contributed by atoms with van der Waals surface area (Å²) in [5.74, 6) is 2.31. The highest BCUT2D eigenvalue weighted by molar-refractivity contribution is 9.10. The maximum atomic E-state index is 13.3. The third-order valence-electron chi connectivity index (χ3n) is 6.87. The van der Waals surface area contributed by atoms with E-state index in [1.165, 1.54) is 25.7 Å². The van der Waals surface area contributed by atoms with E-state index in [0.717, 1.165) is 38.5 Å². The summed E-state index contributed by atoms with van der Waals surface area (Å²) in [4.78, 5) is 18.2. The molecule has 2 aromatic carbocycles. The fraction of sp³-hybridized carbons (Fsp3) is 0.360. The average Bonchev–Trinajstić information content (AvgIpc) is 3.36. The lowest BCUT2D eigenvalue weighted by molar-refractivity contribution is 0.0917. The second-order valence-corrected chi connectivity index (χ2v) is 9.60. The van der Waals surface area contributed by atoms with Gasteiger partial charge in [-0.25, -0.2) is 4.98 Å². The topological polar surface area (TPSA) is 42.0 Å². The molecule has 4 atom stereocenters. The molecule has 1 heterocycles. The zero-order valence-corrected chi connectivity index (χ0v) is 18.2. The number of nitrogens with zero attached hydrogens (tertiary/aromatic N) is 1. The van der Waals surface area contributed by atoms with Crippen LogP contribution in [0.3, 0.4) is 0 Å². The monoisotopic (exact) mass is 448 g/mol. The molecule has 1 amide bonds. The molecule has 3 nitrogen and oxygen atoms in total. The van der Waals surface area contributed by atoms with E-state index < -0.39 is 0 Å². The van der Waals surface area contributed by atoms with Gasteiger partial charge in [0.25, 0.3) is 5.91 Å². The SMILES string of the molecule is CC(NC(=O)c1cc(-c2cccc(Br)c2)nc2ccccc12)C1CC2CCC1C2. The molecule has 4 unspecified atom stereocenters. The van der Waals surface area contributed by atoms with Gasteiger partial charge in [-0.2, -0.15) is 0 Å². The van der Waals surface area contributed by atoms with Gasteiger partial charge < -0.3 is 5.32 Å². The molecule has 148 valence electrons. The Balaban J connectivity index is 1.48. The Morgan fingerprint density at radius 2 is 1.97 bits per heavy atom. The van der Waals surface area contributed by atoms with Crippen molar-refractivity contribution in [2.45, 2.75) is 38.6 Å². The molecule has 0 aliphatic heterocycles. The Kier molecular flexibility index (Phi) is 4.91. The molecule has 3 aromatic rings. The van der Waals surface area contributed by atoms with Gasteiger partial charge in [-0.15, -0.1) is 0 Å². The normalized spacial score (nSPS) is 24.0. The first-order valence-electron chi connectivity index (χ1n) is 10.5. The van der Waals surface area contributed by atoms with Crippen LogP contribution in [0.1, 0.15) is 43.0 Å². The number of benzene rings is 2. The van der Waals surface area contributed by atoms with Crippen molar-refractivity contribution in [3.05, 3.63) is 64.6 Å². The molecule has 5 rings (SSSR count). The van der Waals surface area contributed by atoms with Gasteiger partial charge in [-0.1, -0.05) is 52.7 Å². The summed E-state index contributed by atoms with van der Waals surface area (Å²) in [5.41, 5.74) is 3.38. The van der Waals surface area contributed by atoms with Crippen LogP contribution in [-0.2, 0) is 0 Å². The lowest BCUT2D eigenvalue weighted by atomic mass is 9.84. The van der Waals surface area contributed by atoms with Crippen molar-refractivity contribution in [3.63, 3.8) is 0 Å². The number of carbonyl (C=O) groups is 1. The van der Waals surface area contributed by atoms with Gasteiger partial charge in [0.15, 0.2) is 0 Å². The van der Waals surface area contributed by atoms with E-state index in [1.807, 2.05) is 54.6 Å². The minimum absolute atomic E-state index is 0.00937. The van der Waals surface area contributed by atoms with E-state index in [1.54, 1.807) is 0 Å². The molecule has 29 heavy (non-hydrogen) atoms. The lowest BCUT2D eigenvalue weighted by Crippen LogP contribution is -2.40. The fourth-order valence-corrected chi connectivity index (χ4v) is 5.86. The first kappa shape index (κ1) is 18.8. The van der Waals surface area contributed by atoms with Gasteiger partial charge >= 0.3 is 0 Å². The van der Waals surface area contributed by atoms with Crippen molar-refractivity contribution in [2.24, 2.45) is 17.8 Å². The second-order valence-electron chi connectivity index (χ2n) is 8.68. The highest BCUT2D eigenvalue weighted by atomic mass is 79.9. The Morgan fingerprint density at radius 3 is 2.72 bits per heavy atom. The Bertz CT molecular complexity index is 1080. The minimum Gasteiger partial charge on any atom is -0.349 e. The summed E-state index contributed by atoms with van der Waals surface area (Å²) in [7, 11) is 0. The Morgan fingerprint density at radius 1 is 1.10 bits per heavy atom. The highest BCUT2D eigenvalue weighted by Crippen LogP contribution is 2.49. The molecule has 2 bridgehead atoms. The van der Waals surface area contributed by atoms with E-state index in [2.05, 4.69) is 28.2 Å². The van der Waals surface area contributed by atoms with Crippen molar-refractivity contribution in [1.29, 1.82) is 0 Å². The Hall–Kier alpha value is -2.20. The van der Waals surface area contributed by atoms with E-state index in [4.69, 9.17) is 4.98 Å². The van der Waals surface area contributed by atoms with Crippen molar-refractivity contribution < 1.29 is 4.79 Å². The molecule has 2 fully saturated rings. The maximum Gasteiger partial charge on any atom is 0.252 e. The summed E-state index contributed by atoms with van der Waals surface area (Å²) in [6, 6.07) is 18.1. The van der Waals surface area contributed by atoms with Crippen LogP contribution in [-0.4, -0.2) is 16.9 Å².